The van der Waals surface area contributed by atoms with Crippen molar-refractivity contribution in [2.75, 3.05) is 31.5 Å². The van der Waals surface area contributed by atoms with Crippen LogP contribution in [0, 0.1) is 0 Å². The average Bonchev–Trinajstić information content (AvgIpc) is 2.86. The summed E-state index contributed by atoms with van der Waals surface area (Å²) in [7, 11) is 0. The predicted octanol–water partition coefficient (Wildman–Crippen LogP) is 0.899. The number of carbonyl (C=O) groups excluding carboxylic acids is 3. The maximum atomic E-state index is 13.3. The van der Waals surface area contributed by atoms with E-state index < -0.39 is 18.0 Å². The van der Waals surface area contributed by atoms with Gasteiger partial charge in [0.1, 0.15) is 6.04 Å². The summed E-state index contributed by atoms with van der Waals surface area (Å²) in [6.45, 7) is 7.32. The van der Waals surface area contributed by atoms with E-state index in [-0.39, 0.29) is 36.7 Å². The molecule has 0 radical (unpaired) electrons. The molecule has 0 fully saturated rings. The molecule has 0 saturated carbocycles. The second kappa shape index (κ2) is 14.4. The molecular formula is C27H41N7O3. The second-order valence-electron chi connectivity index (χ2n) is 10.0. The lowest BCUT2D eigenvalue weighted by atomic mass is 9.91. The summed E-state index contributed by atoms with van der Waals surface area (Å²) < 4.78 is 0. The lowest BCUT2D eigenvalue weighted by Gasteiger charge is -2.24. The number of aryl methyl sites for hydroxylation is 1. The Labute approximate surface area is 219 Å². The Morgan fingerprint density at radius 3 is 2.24 bits per heavy atom. The molecule has 2 atom stereocenters. The largest absolute Gasteiger partial charge is 0.343 e. The highest BCUT2D eigenvalue weighted by Gasteiger charge is 2.27. The number of benzene rings is 1. The van der Waals surface area contributed by atoms with Crippen molar-refractivity contribution < 1.29 is 14.4 Å². The van der Waals surface area contributed by atoms with Crippen molar-refractivity contribution in [3.63, 3.8) is 0 Å². The van der Waals surface area contributed by atoms with Gasteiger partial charge < -0.3 is 32.7 Å². The number of pyridine rings is 1. The molecule has 0 aliphatic heterocycles. The van der Waals surface area contributed by atoms with Crippen LogP contribution in [0.3, 0.4) is 0 Å². The second-order valence-corrected chi connectivity index (χ2v) is 10.0. The summed E-state index contributed by atoms with van der Waals surface area (Å²) in [6, 6.07) is 11.2. The van der Waals surface area contributed by atoms with Gasteiger partial charge in [-0.25, -0.2) is 0 Å². The molecule has 2 rings (SSSR count). The first-order valence-corrected chi connectivity index (χ1v) is 12.6. The van der Waals surface area contributed by atoms with Gasteiger partial charge >= 0.3 is 0 Å². The van der Waals surface area contributed by atoms with Crippen molar-refractivity contribution in [2.24, 2.45) is 17.2 Å². The molecule has 1 aromatic carbocycles. The van der Waals surface area contributed by atoms with E-state index in [4.69, 9.17) is 17.2 Å². The van der Waals surface area contributed by atoms with Crippen molar-refractivity contribution in [3.05, 3.63) is 59.9 Å². The van der Waals surface area contributed by atoms with Gasteiger partial charge in [0.25, 0.3) is 0 Å². The Morgan fingerprint density at radius 2 is 1.65 bits per heavy atom. The van der Waals surface area contributed by atoms with Crippen LogP contribution >= 0.6 is 0 Å². The van der Waals surface area contributed by atoms with Crippen molar-refractivity contribution >= 4 is 23.4 Å². The normalized spacial score (nSPS) is 12.9. The van der Waals surface area contributed by atoms with Gasteiger partial charge in [0.2, 0.25) is 17.7 Å². The third-order valence-electron chi connectivity index (χ3n) is 5.88. The molecule has 8 N–H and O–H groups in total. The van der Waals surface area contributed by atoms with Gasteiger partial charge in [-0.3, -0.25) is 19.4 Å². The van der Waals surface area contributed by atoms with E-state index in [1.165, 1.54) is 4.90 Å². The number of hydrogen-bond acceptors (Lipinski definition) is 7. The first-order valence-electron chi connectivity index (χ1n) is 12.6. The first kappa shape index (κ1) is 29.9. The van der Waals surface area contributed by atoms with E-state index in [0.29, 0.717) is 31.6 Å². The van der Waals surface area contributed by atoms with E-state index in [1.807, 2.05) is 57.2 Å². The van der Waals surface area contributed by atoms with E-state index in [9.17, 15) is 14.4 Å². The zero-order valence-corrected chi connectivity index (χ0v) is 22.1. The third-order valence-corrected chi connectivity index (χ3v) is 5.88. The van der Waals surface area contributed by atoms with Gasteiger partial charge in [0.15, 0.2) is 0 Å². The van der Waals surface area contributed by atoms with Gasteiger partial charge in [-0.1, -0.05) is 51.1 Å². The molecule has 0 spiro atoms. The quantitative estimate of drug-likeness (QED) is 0.266. The zero-order valence-electron chi connectivity index (χ0n) is 22.1. The number of carbonyl (C=O) groups is 3. The molecular weight excluding hydrogens is 470 g/mol. The average molecular weight is 512 g/mol. The number of nitrogens with one attached hydrogen (secondary N) is 2. The fraction of sp³-hybridized carbons (Fsp3) is 0.481. The van der Waals surface area contributed by atoms with Gasteiger partial charge in [-0.15, -0.1) is 0 Å². The first-order chi connectivity index (χ1) is 17.5. The fourth-order valence-electron chi connectivity index (χ4n) is 3.73. The summed E-state index contributed by atoms with van der Waals surface area (Å²) in [5.41, 5.74) is 19.5. The highest BCUT2D eigenvalue weighted by molar-refractivity contribution is 5.98. The summed E-state index contributed by atoms with van der Waals surface area (Å²) >= 11 is 0. The predicted molar refractivity (Wildman–Crippen MR) is 146 cm³/mol. The van der Waals surface area contributed by atoms with Crippen molar-refractivity contribution in [2.45, 2.75) is 57.5 Å². The lowest BCUT2D eigenvalue weighted by Crippen LogP contribution is -2.52. The molecule has 202 valence electrons. The summed E-state index contributed by atoms with van der Waals surface area (Å²) in [5.74, 6) is -1.26. The molecule has 37 heavy (non-hydrogen) atoms. The topological polar surface area (TPSA) is 169 Å². The van der Waals surface area contributed by atoms with Gasteiger partial charge in [0.05, 0.1) is 12.5 Å². The molecule has 0 aliphatic carbocycles. The summed E-state index contributed by atoms with van der Waals surface area (Å²) in [5, 5.41) is 5.64. The highest BCUT2D eigenvalue weighted by Crippen LogP contribution is 2.22. The van der Waals surface area contributed by atoms with Crippen LogP contribution in [0.2, 0.25) is 0 Å². The number of anilines is 1. The minimum absolute atomic E-state index is 0.192. The van der Waals surface area contributed by atoms with E-state index in [1.54, 1.807) is 12.3 Å². The Balaban J connectivity index is 2.13. The molecule has 3 amide bonds. The van der Waals surface area contributed by atoms with Crippen LogP contribution in [0.1, 0.15) is 44.9 Å². The van der Waals surface area contributed by atoms with Crippen molar-refractivity contribution in [3.8, 4) is 0 Å². The van der Waals surface area contributed by atoms with Crippen LogP contribution in [-0.4, -0.2) is 65.9 Å². The fourth-order valence-corrected chi connectivity index (χ4v) is 3.73. The van der Waals surface area contributed by atoms with Crippen LogP contribution < -0.4 is 27.8 Å². The minimum Gasteiger partial charge on any atom is -0.343 e. The molecule has 0 saturated heterocycles. The van der Waals surface area contributed by atoms with Crippen LogP contribution in [0.15, 0.2) is 48.7 Å². The van der Waals surface area contributed by atoms with Crippen LogP contribution in [-0.2, 0) is 26.2 Å². The van der Waals surface area contributed by atoms with Crippen LogP contribution in [0.25, 0.3) is 0 Å². The molecule has 1 heterocycles. The molecule has 10 heteroatoms. The number of nitrogens with two attached hydrogens (primary N) is 3. The molecule has 1 aromatic heterocycles. The maximum absolute atomic E-state index is 13.3. The van der Waals surface area contributed by atoms with Gasteiger partial charge in [-0.05, 0) is 30.5 Å². The summed E-state index contributed by atoms with van der Waals surface area (Å²) in [6.07, 6.45) is 2.35. The lowest BCUT2D eigenvalue weighted by molar-refractivity contribution is -0.134. The number of rotatable bonds is 13. The van der Waals surface area contributed by atoms with Gasteiger partial charge in [-0.2, -0.15) is 0 Å². The molecule has 0 aliphatic rings. The van der Waals surface area contributed by atoms with Crippen molar-refractivity contribution in [1.82, 2.24) is 15.2 Å². The summed E-state index contributed by atoms with van der Waals surface area (Å²) in [4.78, 5) is 44.7. The Bertz CT molecular complexity index is 1020. The molecule has 0 unspecified atom stereocenters. The zero-order chi connectivity index (χ0) is 27.4. The minimum atomic E-state index is -1.12. The Kier molecular flexibility index (Phi) is 11.6. The van der Waals surface area contributed by atoms with E-state index >= 15 is 0 Å². The number of amides is 3. The molecule has 2 aromatic rings. The van der Waals surface area contributed by atoms with Gasteiger partial charge in [0, 0.05) is 49.2 Å². The standard InChI is InChI=1S/C27H41N7O3/c1-27(2,3)23-17-20(11-14-31-23)32-26(37)22(10-9-19-7-5-4-6-8-19)33-25(36)21(30)18-24(35)34(15-12-28)16-13-29/h4-8,11,14,17,21-22H,9-10,12-13,15-16,18,28-30H2,1-3H3,(H,33,36)(H,31,32,37)/t21-,22-/m0/s1. The number of hydrogen-bond donors (Lipinski definition) is 5. The smallest absolute Gasteiger partial charge is 0.246 e. The molecule has 10 nitrogen and oxygen atoms in total. The number of nitrogens with zero attached hydrogens (tertiary/aromatic N) is 2. The highest BCUT2D eigenvalue weighted by atomic mass is 16.2. The third kappa shape index (κ3) is 9.91. The maximum Gasteiger partial charge on any atom is 0.246 e. The van der Waals surface area contributed by atoms with E-state index in [2.05, 4.69) is 15.6 Å². The number of aromatic nitrogens is 1. The monoisotopic (exact) mass is 511 g/mol. The van der Waals surface area contributed by atoms with Crippen LogP contribution in [0.4, 0.5) is 5.69 Å². The molecule has 0 bridgehead atoms. The Hall–Kier alpha value is -3.34. The Morgan fingerprint density at radius 1 is 1.00 bits per heavy atom. The SMILES string of the molecule is CC(C)(C)c1cc(NC(=O)[C@H](CCc2ccccc2)NC(=O)[C@@H](N)CC(=O)N(CCN)CCN)ccn1. The van der Waals surface area contributed by atoms with Crippen molar-refractivity contribution in [1.29, 1.82) is 0 Å². The van der Waals surface area contributed by atoms with E-state index in [0.717, 1.165) is 11.3 Å². The van der Waals surface area contributed by atoms with Crippen LogP contribution in [0.5, 0.6) is 0 Å².